The van der Waals surface area contributed by atoms with Crippen LogP contribution in [0.15, 0.2) is 66.9 Å². The van der Waals surface area contributed by atoms with Gasteiger partial charge in [-0.15, -0.1) is 0 Å². The van der Waals surface area contributed by atoms with Crippen LogP contribution in [-0.2, 0) is 0 Å². The minimum Gasteiger partial charge on any atom is -0.351 e. The molecule has 0 radical (unpaired) electrons. The van der Waals surface area contributed by atoms with E-state index in [9.17, 15) is 0 Å². The molecule has 1 fully saturated rings. The molecular formula is C29H29ClN4S. The first-order chi connectivity index (χ1) is 16.8. The van der Waals surface area contributed by atoms with Gasteiger partial charge in [0.05, 0.1) is 17.8 Å². The van der Waals surface area contributed by atoms with Gasteiger partial charge in [-0.25, -0.2) is 0 Å². The van der Waals surface area contributed by atoms with Gasteiger partial charge in [-0.1, -0.05) is 29.8 Å². The zero-order valence-electron chi connectivity index (χ0n) is 20.6. The Bertz CT molecular complexity index is 1410. The van der Waals surface area contributed by atoms with E-state index in [2.05, 4.69) is 85.8 Å². The van der Waals surface area contributed by atoms with Gasteiger partial charge >= 0.3 is 0 Å². The second kappa shape index (κ2) is 9.14. The predicted octanol–water partition coefficient (Wildman–Crippen LogP) is 7.24. The van der Waals surface area contributed by atoms with Crippen LogP contribution in [0.25, 0.3) is 5.69 Å². The van der Waals surface area contributed by atoms with Gasteiger partial charge in [-0.05, 0) is 112 Å². The van der Waals surface area contributed by atoms with Gasteiger partial charge in [0.1, 0.15) is 0 Å². The third-order valence-electron chi connectivity index (χ3n) is 6.85. The molecule has 4 nitrogen and oxygen atoms in total. The quantitative estimate of drug-likeness (QED) is 0.299. The molecule has 5 rings (SSSR count). The van der Waals surface area contributed by atoms with Crippen molar-refractivity contribution in [3.05, 3.63) is 111 Å². The minimum atomic E-state index is -0.0843. The van der Waals surface area contributed by atoms with E-state index in [4.69, 9.17) is 28.8 Å². The Kier molecular flexibility index (Phi) is 6.16. The molecule has 3 heterocycles. The average molecular weight is 501 g/mol. The standard InChI is InChI=1S/C29H29ClN4S/c1-17-13-18(2)15-22(14-17)34-28(27(32-29(34)35)25-10-6-7-12-31-25)23-16-19(3)33(21(23)5)26-11-8-9-24(30)20(26)4/h6-16,27-28H,1-5H3,(H,32,35). The maximum absolute atomic E-state index is 6.50. The van der Waals surface area contributed by atoms with Crippen LogP contribution in [0.1, 0.15) is 51.4 Å². The zero-order valence-corrected chi connectivity index (χ0v) is 22.2. The number of halogens is 1. The number of nitrogens with one attached hydrogen (secondary N) is 1. The topological polar surface area (TPSA) is 33.1 Å². The number of aryl methyl sites for hydroxylation is 3. The second-order valence-corrected chi connectivity index (χ2v) is 10.2. The fraction of sp³-hybridized carbons (Fsp3) is 0.241. The van der Waals surface area contributed by atoms with Gasteiger partial charge in [0.2, 0.25) is 0 Å². The maximum atomic E-state index is 6.50. The van der Waals surface area contributed by atoms with Crippen molar-refractivity contribution >= 4 is 34.6 Å². The van der Waals surface area contributed by atoms with E-state index >= 15 is 0 Å². The fourth-order valence-corrected chi connectivity index (χ4v) is 5.85. The van der Waals surface area contributed by atoms with Crippen LogP contribution in [0.4, 0.5) is 5.69 Å². The first-order valence-corrected chi connectivity index (χ1v) is 12.6. The summed E-state index contributed by atoms with van der Waals surface area (Å²) in [5.74, 6) is 0. The third kappa shape index (κ3) is 4.13. The normalized spacial score (nSPS) is 17.7. The van der Waals surface area contributed by atoms with Gasteiger partial charge in [0.15, 0.2) is 5.11 Å². The molecule has 1 N–H and O–H groups in total. The number of pyridine rings is 1. The average Bonchev–Trinajstić information content (AvgIpc) is 3.31. The highest BCUT2D eigenvalue weighted by Gasteiger charge is 2.42. The third-order valence-corrected chi connectivity index (χ3v) is 7.58. The summed E-state index contributed by atoms with van der Waals surface area (Å²) in [5, 5.41) is 5.06. The molecule has 0 bridgehead atoms. The maximum Gasteiger partial charge on any atom is 0.174 e. The first kappa shape index (κ1) is 23.6. The lowest BCUT2D eigenvalue weighted by molar-refractivity contribution is 0.565. The molecule has 1 aliphatic heterocycles. The van der Waals surface area contributed by atoms with Crippen molar-refractivity contribution in [2.24, 2.45) is 0 Å². The highest BCUT2D eigenvalue weighted by Crippen LogP contribution is 2.44. The Morgan fingerprint density at radius 3 is 2.34 bits per heavy atom. The summed E-state index contributed by atoms with van der Waals surface area (Å²) < 4.78 is 2.30. The van der Waals surface area contributed by atoms with Crippen molar-refractivity contribution in [1.29, 1.82) is 0 Å². The molecule has 2 unspecified atom stereocenters. The number of nitrogens with zero attached hydrogens (tertiary/aromatic N) is 3. The van der Waals surface area contributed by atoms with Crippen molar-refractivity contribution < 1.29 is 0 Å². The van der Waals surface area contributed by atoms with E-state index in [-0.39, 0.29) is 12.1 Å². The van der Waals surface area contributed by atoms with Gasteiger partial charge in [0, 0.05) is 34.0 Å². The molecule has 6 heteroatoms. The number of aromatic nitrogens is 2. The molecule has 1 aliphatic rings. The zero-order chi connectivity index (χ0) is 24.9. The van der Waals surface area contributed by atoms with Crippen LogP contribution >= 0.6 is 23.8 Å². The lowest BCUT2D eigenvalue weighted by Crippen LogP contribution is -2.29. The predicted molar refractivity (Wildman–Crippen MR) is 149 cm³/mol. The molecule has 0 spiro atoms. The van der Waals surface area contributed by atoms with E-state index in [1.165, 1.54) is 22.4 Å². The smallest absolute Gasteiger partial charge is 0.174 e. The molecule has 178 valence electrons. The highest BCUT2D eigenvalue weighted by atomic mass is 35.5. The number of thiocarbonyl (C=S) groups is 1. The summed E-state index contributed by atoms with van der Waals surface area (Å²) in [6.07, 6.45) is 1.84. The second-order valence-electron chi connectivity index (χ2n) is 9.39. The largest absolute Gasteiger partial charge is 0.351 e. The van der Waals surface area contributed by atoms with Gasteiger partial charge in [-0.2, -0.15) is 0 Å². The Labute approximate surface area is 217 Å². The number of hydrogen-bond donors (Lipinski definition) is 1. The molecule has 0 saturated carbocycles. The Balaban J connectivity index is 1.72. The molecule has 0 amide bonds. The number of hydrogen-bond acceptors (Lipinski definition) is 2. The highest BCUT2D eigenvalue weighted by molar-refractivity contribution is 7.80. The number of anilines is 1. The molecule has 35 heavy (non-hydrogen) atoms. The van der Waals surface area contributed by atoms with E-state index in [0.29, 0.717) is 5.11 Å². The van der Waals surface area contributed by atoms with Crippen molar-refractivity contribution in [2.75, 3.05) is 4.90 Å². The van der Waals surface area contributed by atoms with Crippen molar-refractivity contribution in [1.82, 2.24) is 14.9 Å². The van der Waals surface area contributed by atoms with Gasteiger partial charge < -0.3 is 14.8 Å². The monoisotopic (exact) mass is 500 g/mol. The Hall–Kier alpha value is -3.15. The lowest BCUT2D eigenvalue weighted by Gasteiger charge is -2.29. The number of rotatable bonds is 4. The van der Waals surface area contributed by atoms with E-state index < -0.39 is 0 Å². The summed E-state index contributed by atoms with van der Waals surface area (Å²) in [5.41, 5.74) is 10.2. The van der Waals surface area contributed by atoms with Crippen molar-refractivity contribution in [3.8, 4) is 5.69 Å². The Morgan fingerprint density at radius 2 is 1.66 bits per heavy atom. The van der Waals surface area contributed by atoms with Crippen LogP contribution in [0, 0.1) is 34.6 Å². The fourth-order valence-electron chi connectivity index (χ4n) is 5.33. The number of benzene rings is 2. The van der Waals surface area contributed by atoms with E-state index in [1.807, 2.05) is 30.5 Å². The Morgan fingerprint density at radius 1 is 0.914 bits per heavy atom. The molecule has 2 aromatic carbocycles. The molecule has 2 aromatic heterocycles. The van der Waals surface area contributed by atoms with Crippen LogP contribution in [-0.4, -0.2) is 14.7 Å². The van der Waals surface area contributed by atoms with Crippen molar-refractivity contribution in [2.45, 2.75) is 46.7 Å². The van der Waals surface area contributed by atoms with Crippen LogP contribution in [0.2, 0.25) is 5.02 Å². The van der Waals surface area contributed by atoms with Crippen molar-refractivity contribution in [3.63, 3.8) is 0 Å². The summed E-state index contributed by atoms with van der Waals surface area (Å²) in [6.45, 7) is 10.7. The first-order valence-electron chi connectivity index (χ1n) is 11.8. The van der Waals surface area contributed by atoms with E-state index in [0.717, 1.165) is 33.3 Å². The molecular weight excluding hydrogens is 472 g/mol. The summed E-state index contributed by atoms with van der Waals surface area (Å²) >= 11 is 12.4. The summed E-state index contributed by atoms with van der Waals surface area (Å²) in [6, 6.07) is 20.8. The molecule has 2 atom stereocenters. The summed E-state index contributed by atoms with van der Waals surface area (Å²) in [7, 11) is 0. The van der Waals surface area contributed by atoms with E-state index in [1.54, 1.807) is 0 Å². The molecule has 0 aliphatic carbocycles. The van der Waals surface area contributed by atoms with Crippen LogP contribution in [0.3, 0.4) is 0 Å². The summed E-state index contributed by atoms with van der Waals surface area (Å²) in [4.78, 5) is 6.96. The lowest BCUT2D eigenvalue weighted by atomic mass is 9.96. The van der Waals surface area contributed by atoms with Gasteiger partial charge in [0.25, 0.3) is 0 Å². The van der Waals surface area contributed by atoms with Gasteiger partial charge in [-0.3, -0.25) is 4.98 Å². The van der Waals surface area contributed by atoms with Crippen LogP contribution in [0.5, 0.6) is 0 Å². The minimum absolute atomic E-state index is 0.0574. The molecule has 4 aromatic rings. The molecule has 1 saturated heterocycles. The SMILES string of the molecule is Cc1cc(C)cc(N2C(=S)NC(c3ccccn3)C2c2cc(C)n(-c3cccc(Cl)c3C)c2C)c1. The van der Waals surface area contributed by atoms with Crippen LogP contribution < -0.4 is 10.2 Å².